The Hall–Kier alpha value is -5.89. The molecule has 0 amide bonds. The maximum absolute atomic E-state index is 11.6. The van der Waals surface area contributed by atoms with Gasteiger partial charge in [0.05, 0.1) is 18.4 Å². The fourth-order valence-electron chi connectivity index (χ4n) is 6.51. The maximum Gasteiger partial charge on any atom is 0.223 e. The average Bonchev–Trinajstić information content (AvgIpc) is 3.67. The first-order chi connectivity index (χ1) is 25.4. The van der Waals surface area contributed by atoms with E-state index >= 15 is 0 Å². The van der Waals surface area contributed by atoms with Crippen molar-refractivity contribution in [1.29, 1.82) is 0 Å². The van der Waals surface area contributed by atoms with E-state index in [1.807, 2.05) is 15.4 Å². The van der Waals surface area contributed by atoms with Crippen molar-refractivity contribution in [2.24, 2.45) is 0 Å². The molecule has 0 unspecified atom stereocenters. The number of anilines is 1. The molecule has 8 heteroatoms. The van der Waals surface area contributed by atoms with Gasteiger partial charge < -0.3 is 19.3 Å². The van der Waals surface area contributed by atoms with Crippen molar-refractivity contribution in [3.8, 4) is 22.8 Å². The molecule has 0 saturated heterocycles. The molecule has 1 N–H and O–H groups in total. The number of benzene rings is 4. The normalized spacial score (nSPS) is 11.7. The molecule has 0 fully saturated rings. The number of allylic oxidation sites excluding steroid dienone is 1. The highest BCUT2D eigenvalue weighted by molar-refractivity contribution is 5.98. The van der Waals surface area contributed by atoms with Gasteiger partial charge in [-0.3, -0.25) is 9.48 Å². The van der Waals surface area contributed by atoms with Crippen LogP contribution in [0.5, 0.6) is 11.5 Å². The zero-order valence-electron chi connectivity index (χ0n) is 30.3. The van der Waals surface area contributed by atoms with Crippen molar-refractivity contribution in [3.05, 3.63) is 160 Å². The minimum atomic E-state index is -0.337. The summed E-state index contributed by atoms with van der Waals surface area (Å²) in [5.41, 5.74) is 9.40. The molecule has 0 atom stereocenters. The first kappa shape index (κ1) is 35.9. The Kier molecular flexibility index (Phi) is 12.0. The molecule has 0 aliphatic rings. The Labute approximate surface area is 306 Å². The summed E-state index contributed by atoms with van der Waals surface area (Å²) in [6.07, 6.45) is 7.55. The van der Waals surface area contributed by atoms with E-state index in [2.05, 4.69) is 138 Å². The number of likely N-dealkylation sites (N-methyl/N-ethyl adjacent to an activating group) is 1. The number of hydrogen-bond donors (Lipinski definition) is 1. The fraction of sp³-hybridized carbons (Fsp3) is 0.250. The van der Waals surface area contributed by atoms with Gasteiger partial charge in [-0.05, 0) is 84.7 Å². The van der Waals surface area contributed by atoms with Crippen molar-refractivity contribution in [1.82, 2.24) is 19.6 Å². The van der Waals surface area contributed by atoms with E-state index < -0.39 is 0 Å². The SMILES string of the molecule is CC/C(=C(\c1ccccc1)c1ccc(OCCN(C)c2cccc(-c3cn(CCCCCn4ccc(=O)c(O)c4C)nn3)c2)cc1)c1ccccc1. The molecule has 2 heterocycles. The third-order valence-electron chi connectivity index (χ3n) is 9.50. The first-order valence-corrected chi connectivity index (χ1v) is 18.1. The zero-order chi connectivity index (χ0) is 36.3. The lowest BCUT2D eigenvalue weighted by atomic mass is 9.88. The Bertz CT molecular complexity index is 2140. The average molecular weight is 694 g/mol. The number of pyridine rings is 1. The molecule has 4 aromatic carbocycles. The molecule has 0 aliphatic carbocycles. The molecule has 2 aromatic heterocycles. The quantitative estimate of drug-likeness (QED) is 0.0806. The molecule has 0 spiro atoms. The second kappa shape index (κ2) is 17.4. The molecule has 0 bridgehead atoms. The van der Waals surface area contributed by atoms with Gasteiger partial charge in [0.2, 0.25) is 5.43 Å². The lowest BCUT2D eigenvalue weighted by Gasteiger charge is -2.20. The van der Waals surface area contributed by atoms with Crippen LogP contribution in [-0.4, -0.2) is 44.9 Å². The summed E-state index contributed by atoms with van der Waals surface area (Å²) < 4.78 is 10.0. The van der Waals surface area contributed by atoms with E-state index in [-0.39, 0.29) is 11.2 Å². The number of aromatic hydroxyl groups is 1. The van der Waals surface area contributed by atoms with Crippen LogP contribution in [0, 0.1) is 6.92 Å². The summed E-state index contributed by atoms with van der Waals surface area (Å²) in [5, 5.41) is 18.7. The predicted octanol–water partition coefficient (Wildman–Crippen LogP) is 8.88. The second-order valence-electron chi connectivity index (χ2n) is 13.0. The van der Waals surface area contributed by atoms with Gasteiger partial charge in [0, 0.05) is 43.7 Å². The fourth-order valence-corrected chi connectivity index (χ4v) is 6.51. The minimum absolute atomic E-state index is 0.168. The molecule has 266 valence electrons. The highest BCUT2D eigenvalue weighted by atomic mass is 16.5. The van der Waals surface area contributed by atoms with E-state index in [0.717, 1.165) is 68.0 Å². The molecular weight excluding hydrogens is 647 g/mol. The van der Waals surface area contributed by atoms with Crippen molar-refractivity contribution >= 4 is 16.8 Å². The second-order valence-corrected chi connectivity index (χ2v) is 13.0. The molecular formula is C44H47N5O3. The van der Waals surface area contributed by atoms with Crippen LogP contribution >= 0.6 is 0 Å². The first-order valence-electron chi connectivity index (χ1n) is 18.1. The Balaban J connectivity index is 1.02. The zero-order valence-corrected chi connectivity index (χ0v) is 30.3. The summed E-state index contributed by atoms with van der Waals surface area (Å²) in [4.78, 5) is 13.8. The number of ether oxygens (including phenoxy) is 1. The molecule has 52 heavy (non-hydrogen) atoms. The summed E-state index contributed by atoms with van der Waals surface area (Å²) in [6.45, 7) is 6.78. The lowest BCUT2D eigenvalue weighted by Crippen LogP contribution is -2.23. The highest BCUT2D eigenvalue weighted by Crippen LogP contribution is 2.35. The summed E-state index contributed by atoms with van der Waals surface area (Å²) in [5.74, 6) is 0.678. The summed E-state index contributed by atoms with van der Waals surface area (Å²) in [7, 11) is 2.07. The Morgan fingerprint density at radius 3 is 2.23 bits per heavy atom. The van der Waals surface area contributed by atoms with Gasteiger partial charge in [0.1, 0.15) is 18.1 Å². The van der Waals surface area contributed by atoms with Crippen LogP contribution in [0.4, 0.5) is 5.69 Å². The third-order valence-corrected chi connectivity index (χ3v) is 9.50. The monoisotopic (exact) mass is 693 g/mol. The van der Waals surface area contributed by atoms with E-state index in [0.29, 0.717) is 12.3 Å². The smallest absolute Gasteiger partial charge is 0.223 e. The largest absolute Gasteiger partial charge is 0.503 e. The summed E-state index contributed by atoms with van der Waals surface area (Å²) in [6, 6.07) is 39.5. The lowest BCUT2D eigenvalue weighted by molar-refractivity contribution is 0.326. The van der Waals surface area contributed by atoms with Crippen LogP contribution in [-0.2, 0) is 13.1 Å². The van der Waals surface area contributed by atoms with E-state index in [4.69, 9.17) is 4.74 Å². The van der Waals surface area contributed by atoms with Crippen LogP contribution in [0.1, 0.15) is 55.0 Å². The van der Waals surface area contributed by atoms with Crippen molar-refractivity contribution in [2.45, 2.75) is 52.6 Å². The Morgan fingerprint density at radius 1 is 0.808 bits per heavy atom. The molecule has 8 nitrogen and oxygen atoms in total. The van der Waals surface area contributed by atoms with Gasteiger partial charge in [0.15, 0.2) is 5.75 Å². The topological polar surface area (TPSA) is 85.4 Å². The number of aryl methyl sites for hydroxylation is 2. The van der Waals surface area contributed by atoms with E-state index in [1.165, 1.54) is 33.9 Å². The van der Waals surface area contributed by atoms with Crippen LogP contribution in [0.15, 0.2) is 132 Å². The van der Waals surface area contributed by atoms with E-state index in [9.17, 15) is 9.90 Å². The van der Waals surface area contributed by atoms with Gasteiger partial charge in [-0.15, -0.1) is 5.10 Å². The molecule has 0 saturated carbocycles. The van der Waals surface area contributed by atoms with Crippen molar-refractivity contribution in [2.75, 3.05) is 25.1 Å². The van der Waals surface area contributed by atoms with Gasteiger partial charge in [-0.2, -0.15) is 0 Å². The molecule has 6 aromatic rings. The van der Waals surface area contributed by atoms with Crippen LogP contribution in [0.3, 0.4) is 0 Å². The summed E-state index contributed by atoms with van der Waals surface area (Å²) >= 11 is 0. The number of hydrogen-bond acceptors (Lipinski definition) is 6. The van der Waals surface area contributed by atoms with Gasteiger partial charge in [-0.1, -0.05) is 97.1 Å². The van der Waals surface area contributed by atoms with Crippen molar-refractivity contribution < 1.29 is 9.84 Å². The van der Waals surface area contributed by atoms with Gasteiger partial charge >= 0.3 is 0 Å². The van der Waals surface area contributed by atoms with Gasteiger partial charge in [0.25, 0.3) is 0 Å². The Morgan fingerprint density at radius 2 is 1.50 bits per heavy atom. The van der Waals surface area contributed by atoms with Crippen LogP contribution in [0.2, 0.25) is 0 Å². The standard InChI is InChI=1S/C44H47N5O3/c1-4-40(34-15-8-5-9-16-34)43(35-17-10-6-11-18-35)36-21-23-39(24-22-36)52-30-29-47(3)38-20-14-19-37(31-38)41-32-49(46-45-41)27-13-7-12-26-48-28-25-42(50)44(51)33(48)2/h5-6,8-11,14-25,28,31-32,51H,4,7,12-13,26-27,29-30H2,1-3H3/b43-40-. The number of aromatic nitrogens is 4. The number of nitrogens with zero attached hydrogens (tertiary/aromatic N) is 5. The maximum atomic E-state index is 11.6. The molecule has 0 radical (unpaired) electrons. The van der Waals surface area contributed by atoms with Crippen LogP contribution in [0.25, 0.3) is 22.4 Å². The third kappa shape index (κ3) is 8.87. The van der Waals surface area contributed by atoms with E-state index in [1.54, 1.807) is 13.1 Å². The van der Waals surface area contributed by atoms with Gasteiger partial charge in [-0.25, -0.2) is 0 Å². The number of rotatable bonds is 16. The van der Waals surface area contributed by atoms with Crippen LogP contribution < -0.4 is 15.1 Å². The minimum Gasteiger partial charge on any atom is -0.503 e. The molecule has 6 rings (SSSR count). The highest BCUT2D eigenvalue weighted by Gasteiger charge is 2.14. The predicted molar refractivity (Wildman–Crippen MR) is 211 cm³/mol. The number of unbranched alkanes of at least 4 members (excludes halogenated alkanes) is 2. The molecule has 0 aliphatic heterocycles. The van der Waals surface area contributed by atoms with Crippen molar-refractivity contribution in [3.63, 3.8) is 0 Å².